The van der Waals surface area contributed by atoms with Gasteiger partial charge >= 0.3 is 0 Å². The van der Waals surface area contributed by atoms with Crippen LogP contribution in [0.1, 0.15) is 32.4 Å². The molecule has 0 aliphatic heterocycles. The number of carbonyl (C=O) groups is 1. The molecule has 0 saturated carbocycles. The molecule has 30 heavy (non-hydrogen) atoms. The summed E-state index contributed by atoms with van der Waals surface area (Å²) < 4.78 is 1.21. The van der Waals surface area contributed by atoms with Gasteiger partial charge in [0.25, 0.3) is 5.56 Å². The number of aromatic amines is 1. The summed E-state index contributed by atoms with van der Waals surface area (Å²) in [5.74, 6) is -0.359. The quantitative estimate of drug-likeness (QED) is 0.517. The number of H-pyrrole nitrogens is 1. The van der Waals surface area contributed by atoms with E-state index in [1.807, 2.05) is 45.2 Å². The molecule has 154 valence electrons. The second-order valence-electron chi connectivity index (χ2n) is 8.02. The van der Waals surface area contributed by atoms with Gasteiger partial charge in [0, 0.05) is 23.1 Å². The van der Waals surface area contributed by atoms with Crippen LogP contribution in [0.2, 0.25) is 0 Å². The zero-order valence-electron chi connectivity index (χ0n) is 17.3. The Morgan fingerprint density at radius 1 is 1.07 bits per heavy atom. The molecule has 7 nitrogen and oxygen atoms in total. The first-order valence-electron chi connectivity index (χ1n) is 10.2. The minimum atomic E-state index is -0.736. The first-order valence-corrected chi connectivity index (χ1v) is 10.2. The average molecular weight is 403 g/mol. The molecule has 4 aromatic rings. The van der Waals surface area contributed by atoms with Crippen LogP contribution >= 0.6 is 0 Å². The average Bonchev–Trinajstić information content (AvgIpc) is 3.12. The molecule has 0 spiro atoms. The van der Waals surface area contributed by atoms with Crippen molar-refractivity contribution in [3.8, 4) is 0 Å². The number of hydrogen-bond donors (Lipinski definition) is 2. The molecule has 4 rings (SSSR count). The lowest BCUT2D eigenvalue weighted by Gasteiger charge is -2.23. The normalized spacial score (nSPS) is 13.6. The Morgan fingerprint density at radius 3 is 2.53 bits per heavy atom. The standard InChI is InChI=1S/C23H25N5O2/c1-14(2)21(28-23(30)18-9-5-7-11-20(18)26-27-28)22(29)25-15(3)12-16-13-24-19-10-6-4-8-17(16)19/h4-11,13-15,21,24H,12H2,1-3H3,(H,25,29)/t15-,21-/m1/s1. The summed E-state index contributed by atoms with van der Waals surface area (Å²) in [4.78, 5) is 29.3. The molecule has 2 heterocycles. The van der Waals surface area contributed by atoms with Gasteiger partial charge in [-0.1, -0.05) is 49.4 Å². The fraction of sp³-hybridized carbons (Fsp3) is 0.304. The Balaban J connectivity index is 1.57. The van der Waals surface area contributed by atoms with E-state index in [9.17, 15) is 9.59 Å². The van der Waals surface area contributed by atoms with Crippen molar-refractivity contribution in [3.63, 3.8) is 0 Å². The number of carbonyl (C=O) groups excluding carboxylic acids is 1. The highest BCUT2D eigenvalue weighted by Crippen LogP contribution is 2.20. The third-order valence-corrected chi connectivity index (χ3v) is 5.34. The van der Waals surface area contributed by atoms with E-state index < -0.39 is 6.04 Å². The van der Waals surface area contributed by atoms with Crippen LogP contribution in [0, 0.1) is 5.92 Å². The number of aromatic nitrogens is 4. The molecule has 0 aliphatic carbocycles. The number of para-hydroxylation sites is 1. The maximum Gasteiger partial charge on any atom is 0.278 e. The highest BCUT2D eigenvalue weighted by atomic mass is 16.2. The van der Waals surface area contributed by atoms with E-state index >= 15 is 0 Å². The molecule has 2 aromatic heterocycles. The molecule has 2 N–H and O–H groups in total. The van der Waals surface area contributed by atoms with Crippen LogP contribution in [0.5, 0.6) is 0 Å². The van der Waals surface area contributed by atoms with Crippen molar-refractivity contribution in [2.24, 2.45) is 5.92 Å². The fourth-order valence-electron chi connectivity index (χ4n) is 3.89. The van der Waals surface area contributed by atoms with Crippen molar-refractivity contribution in [1.82, 2.24) is 25.3 Å². The summed E-state index contributed by atoms with van der Waals surface area (Å²) in [6, 6.07) is 14.3. The molecule has 0 radical (unpaired) electrons. The molecular formula is C23H25N5O2. The van der Waals surface area contributed by atoms with Crippen LogP contribution in [0.4, 0.5) is 0 Å². The Bertz CT molecular complexity index is 1260. The van der Waals surface area contributed by atoms with Gasteiger partial charge in [-0.15, -0.1) is 5.10 Å². The van der Waals surface area contributed by atoms with Crippen LogP contribution in [-0.2, 0) is 11.2 Å². The molecule has 0 saturated heterocycles. The van der Waals surface area contributed by atoms with Crippen LogP contribution in [0.15, 0.2) is 59.5 Å². The Morgan fingerprint density at radius 2 is 1.77 bits per heavy atom. The summed E-state index contributed by atoms with van der Waals surface area (Å²) in [7, 11) is 0. The maximum absolute atomic E-state index is 13.1. The molecule has 0 unspecified atom stereocenters. The lowest BCUT2D eigenvalue weighted by molar-refractivity contribution is -0.126. The zero-order valence-corrected chi connectivity index (χ0v) is 17.3. The van der Waals surface area contributed by atoms with Gasteiger partial charge in [0.1, 0.15) is 11.6 Å². The molecule has 7 heteroatoms. The summed E-state index contributed by atoms with van der Waals surface area (Å²) in [5.41, 5.74) is 2.43. The predicted molar refractivity (Wildman–Crippen MR) is 117 cm³/mol. The molecule has 2 aromatic carbocycles. The largest absolute Gasteiger partial charge is 0.361 e. The van der Waals surface area contributed by atoms with Crippen molar-refractivity contribution >= 4 is 27.7 Å². The van der Waals surface area contributed by atoms with E-state index in [0.717, 1.165) is 16.5 Å². The molecule has 2 atom stereocenters. The van der Waals surface area contributed by atoms with Crippen LogP contribution in [0.25, 0.3) is 21.8 Å². The Kier molecular flexibility index (Phi) is 5.35. The van der Waals surface area contributed by atoms with Gasteiger partial charge in [-0.2, -0.15) is 4.68 Å². The summed E-state index contributed by atoms with van der Waals surface area (Å²) in [5, 5.41) is 12.9. The van der Waals surface area contributed by atoms with Crippen molar-refractivity contribution in [3.05, 3.63) is 70.6 Å². The maximum atomic E-state index is 13.1. The summed E-state index contributed by atoms with van der Waals surface area (Å²) in [6.45, 7) is 5.77. The number of nitrogens with zero attached hydrogens (tertiary/aromatic N) is 3. The Hall–Kier alpha value is -3.48. The highest BCUT2D eigenvalue weighted by Gasteiger charge is 2.28. The van der Waals surface area contributed by atoms with Gasteiger partial charge in [-0.3, -0.25) is 9.59 Å². The van der Waals surface area contributed by atoms with Crippen LogP contribution < -0.4 is 10.9 Å². The number of rotatable bonds is 6. The molecular weight excluding hydrogens is 378 g/mol. The van der Waals surface area contributed by atoms with Gasteiger partial charge in [0.2, 0.25) is 5.91 Å². The lowest BCUT2D eigenvalue weighted by Crippen LogP contribution is -2.44. The van der Waals surface area contributed by atoms with Crippen LogP contribution in [-0.4, -0.2) is 31.9 Å². The minimum Gasteiger partial charge on any atom is -0.361 e. The van der Waals surface area contributed by atoms with E-state index in [2.05, 4.69) is 26.7 Å². The topological polar surface area (TPSA) is 92.7 Å². The smallest absolute Gasteiger partial charge is 0.278 e. The van der Waals surface area contributed by atoms with Crippen molar-refractivity contribution in [2.45, 2.75) is 39.3 Å². The minimum absolute atomic E-state index is 0.109. The zero-order chi connectivity index (χ0) is 21.3. The third kappa shape index (κ3) is 3.70. The molecule has 0 aliphatic rings. The second kappa shape index (κ2) is 8.10. The number of fused-ring (bicyclic) bond motifs is 2. The first kappa shape index (κ1) is 19.8. The van der Waals surface area contributed by atoms with Crippen LogP contribution in [0.3, 0.4) is 0 Å². The molecule has 1 amide bonds. The first-order chi connectivity index (χ1) is 14.5. The third-order valence-electron chi connectivity index (χ3n) is 5.34. The van der Waals surface area contributed by atoms with Crippen molar-refractivity contribution in [1.29, 1.82) is 0 Å². The number of benzene rings is 2. The van der Waals surface area contributed by atoms with Crippen molar-refractivity contribution < 1.29 is 4.79 Å². The van der Waals surface area contributed by atoms with Gasteiger partial charge in [-0.25, -0.2) is 0 Å². The van der Waals surface area contributed by atoms with E-state index in [1.165, 1.54) is 4.68 Å². The van der Waals surface area contributed by atoms with Gasteiger partial charge in [0.15, 0.2) is 0 Å². The highest BCUT2D eigenvalue weighted by molar-refractivity contribution is 5.84. The van der Waals surface area contributed by atoms with Crippen molar-refractivity contribution in [2.75, 3.05) is 0 Å². The monoisotopic (exact) mass is 403 g/mol. The van der Waals surface area contributed by atoms with Gasteiger partial charge < -0.3 is 10.3 Å². The number of hydrogen-bond acceptors (Lipinski definition) is 4. The second-order valence-corrected chi connectivity index (χ2v) is 8.02. The van der Waals surface area contributed by atoms with E-state index in [-0.39, 0.29) is 23.4 Å². The lowest BCUT2D eigenvalue weighted by atomic mass is 10.0. The fourth-order valence-corrected chi connectivity index (χ4v) is 3.89. The predicted octanol–water partition coefficient (Wildman–Crippen LogP) is 3.22. The number of nitrogens with one attached hydrogen (secondary N) is 2. The van der Waals surface area contributed by atoms with Gasteiger partial charge in [0.05, 0.1) is 5.39 Å². The van der Waals surface area contributed by atoms with E-state index in [0.29, 0.717) is 17.3 Å². The molecule has 0 fully saturated rings. The molecule has 0 bridgehead atoms. The van der Waals surface area contributed by atoms with E-state index in [1.54, 1.807) is 24.3 Å². The SMILES string of the molecule is CC(C)[C@H](C(=O)N[C@H](C)Cc1c[nH]c2ccccc12)n1nnc2ccccc2c1=O. The van der Waals surface area contributed by atoms with E-state index in [4.69, 9.17) is 0 Å². The summed E-state index contributed by atoms with van der Waals surface area (Å²) >= 11 is 0. The Labute approximate surface area is 174 Å². The van der Waals surface area contributed by atoms with Gasteiger partial charge in [-0.05, 0) is 43.0 Å². The number of amides is 1. The summed E-state index contributed by atoms with van der Waals surface area (Å²) in [6.07, 6.45) is 2.66.